The molecular weight excluding hydrogens is 413 g/mol. The zero-order chi connectivity index (χ0) is 18.2. The topological polar surface area (TPSA) is 64.4 Å². The van der Waals surface area contributed by atoms with E-state index < -0.39 is 10.0 Å². The Kier molecular flexibility index (Phi) is 5.29. The predicted molar refractivity (Wildman–Crippen MR) is 94.5 cm³/mol. The van der Waals surface area contributed by atoms with Crippen molar-refractivity contribution in [3.05, 3.63) is 45.4 Å². The fraction of sp³-hybridized carbons (Fsp3) is 0.438. The highest BCUT2D eigenvalue weighted by Crippen LogP contribution is 2.25. The summed E-state index contributed by atoms with van der Waals surface area (Å²) in [6, 6.07) is 4.79. The molecule has 3 rings (SSSR count). The highest BCUT2D eigenvalue weighted by atomic mass is 79.9. The molecule has 0 N–H and O–H groups in total. The number of ether oxygens (including phenoxy) is 1. The van der Waals surface area contributed by atoms with Crippen molar-refractivity contribution in [2.75, 3.05) is 26.3 Å². The zero-order valence-electron chi connectivity index (χ0n) is 14.0. The summed E-state index contributed by atoms with van der Waals surface area (Å²) >= 11 is 3.22. The van der Waals surface area contributed by atoms with Gasteiger partial charge in [0.05, 0.1) is 31.1 Å². The fourth-order valence-electron chi connectivity index (χ4n) is 2.94. The fourth-order valence-corrected chi connectivity index (χ4v) is 5.05. The molecule has 1 aromatic heterocycles. The maximum absolute atomic E-state index is 14.1. The normalized spacial score (nSPS) is 16.3. The van der Waals surface area contributed by atoms with Gasteiger partial charge in [-0.1, -0.05) is 22.0 Å². The summed E-state index contributed by atoms with van der Waals surface area (Å²) in [6.45, 7) is 4.95. The van der Waals surface area contributed by atoms with E-state index in [1.54, 1.807) is 26.0 Å². The van der Waals surface area contributed by atoms with Crippen LogP contribution in [0.5, 0.6) is 0 Å². The van der Waals surface area contributed by atoms with Crippen molar-refractivity contribution in [3.8, 4) is 0 Å². The molecule has 1 aliphatic heterocycles. The largest absolute Gasteiger partial charge is 0.379 e. The van der Waals surface area contributed by atoms with E-state index in [4.69, 9.17) is 4.74 Å². The first-order valence-electron chi connectivity index (χ1n) is 7.86. The number of benzene rings is 1. The molecule has 1 aromatic carbocycles. The zero-order valence-corrected chi connectivity index (χ0v) is 16.4. The molecular formula is C16H19BrFN3O3S. The molecule has 0 aliphatic carbocycles. The van der Waals surface area contributed by atoms with Gasteiger partial charge in [0.15, 0.2) is 0 Å². The van der Waals surface area contributed by atoms with E-state index in [0.717, 1.165) is 0 Å². The van der Waals surface area contributed by atoms with Crippen molar-refractivity contribution in [2.45, 2.75) is 25.3 Å². The van der Waals surface area contributed by atoms with Crippen molar-refractivity contribution in [1.29, 1.82) is 0 Å². The minimum absolute atomic E-state index is 0.171. The average molecular weight is 432 g/mol. The second kappa shape index (κ2) is 7.14. The lowest BCUT2D eigenvalue weighted by Gasteiger charge is -2.26. The summed E-state index contributed by atoms with van der Waals surface area (Å²) in [7, 11) is -3.64. The lowest BCUT2D eigenvalue weighted by Crippen LogP contribution is -2.41. The molecule has 0 bridgehead atoms. The Labute approximate surface area is 154 Å². The Morgan fingerprint density at radius 1 is 1.28 bits per heavy atom. The number of rotatable bonds is 4. The van der Waals surface area contributed by atoms with E-state index >= 15 is 0 Å². The third-order valence-corrected chi connectivity index (χ3v) is 6.86. The van der Waals surface area contributed by atoms with Crippen molar-refractivity contribution in [3.63, 3.8) is 0 Å². The summed E-state index contributed by atoms with van der Waals surface area (Å²) in [5.41, 5.74) is 1.37. The van der Waals surface area contributed by atoms with Gasteiger partial charge >= 0.3 is 0 Å². The van der Waals surface area contributed by atoms with Crippen molar-refractivity contribution in [1.82, 2.24) is 14.1 Å². The second-order valence-electron chi connectivity index (χ2n) is 5.91. The molecule has 9 heteroatoms. The molecule has 1 aliphatic rings. The van der Waals surface area contributed by atoms with Crippen LogP contribution in [-0.2, 0) is 21.3 Å². The van der Waals surface area contributed by atoms with E-state index in [1.165, 1.54) is 15.1 Å². The molecule has 1 saturated heterocycles. The molecule has 2 heterocycles. The Balaban J connectivity index is 1.95. The van der Waals surface area contributed by atoms with Crippen LogP contribution in [0.4, 0.5) is 4.39 Å². The van der Waals surface area contributed by atoms with Gasteiger partial charge in [-0.05, 0) is 26.0 Å². The quantitative estimate of drug-likeness (QED) is 0.745. The van der Waals surface area contributed by atoms with E-state index in [-0.39, 0.29) is 17.3 Å². The van der Waals surface area contributed by atoms with Crippen LogP contribution in [0.2, 0.25) is 0 Å². The minimum atomic E-state index is -3.64. The van der Waals surface area contributed by atoms with Crippen molar-refractivity contribution < 1.29 is 17.5 Å². The number of aromatic nitrogens is 2. The standard InChI is InChI=1S/C16H19BrFN3O3S/c1-11-16(25(22,23)20-5-7-24-8-6-20)12(2)21(19-11)10-13-3-4-14(17)9-15(13)18/h3-4,9H,5-8,10H2,1-2H3. The van der Waals surface area contributed by atoms with Gasteiger partial charge in [-0.3, -0.25) is 4.68 Å². The van der Waals surface area contributed by atoms with Crippen LogP contribution in [0.15, 0.2) is 27.6 Å². The maximum atomic E-state index is 14.1. The van der Waals surface area contributed by atoms with Gasteiger partial charge in [-0.25, -0.2) is 12.8 Å². The van der Waals surface area contributed by atoms with E-state index in [9.17, 15) is 12.8 Å². The molecule has 2 aromatic rings. The molecule has 0 radical (unpaired) electrons. The Morgan fingerprint density at radius 2 is 1.96 bits per heavy atom. The predicted octanol–water partition coefficient (Wildman–Crippen LogP) is 2.47. The summed E-state index contributed by atoms with van der Waals surface area (Å²) in [5, 5.41) is 4.33. The molecule has 1 fully saturated rings. The van der Waals surface area contributed by atoms with E-state index in [2.05, 4.69) is 21.0 Å². The lowest BCUT2D eigenvalue weighted by molar-refractivity contribution is 0.0730. The van der Waals surface area contributed by atoms with Crippen LogP contribution >= 0.6 is 15.9 Å². The maximum Gasteiger partial charge on any atom is 0.246 e. The van der Waals surface area contributed by atoms with Gasteiger partial charge < -0.3 is 4.74 Å². The number of halogens is 2. The lowest BCUT2D eigenvalue weighted by atomic mass is 10.2. The van der Waals surface area contributed by atoms with Gasteiger partial charge in [0, 0.05) is 23.1 Å². The van der Waals surface area contributed by atoms with Crippen molar-refractivity contribution >= 4 is 26.0 Å². The Bertz CT molecular complexity index is 892. The monoisotopic (exact) mass is 431 g/mol. The number of hydrogen-bond acceptors (Lipinski definition) is 4. The number of nitrogens with zero attached hydrogens (tertiary/aromatic N) is 3. The molecule has 0 spiro atoms. The first kappa shape index (κ1) is 18.5. The van der Waals surface area contributed by atoms with Crippen LogP contribution in [0.1, 0.15) is 17.0 Å². The van der Waals surface area contributed by atoms with Gasteiger partial charge in [0.1, 0.15) is 10.7 Å². The third kappa shape index (κ3) is 3.64. The molecule has 25 heavy (non-hydrogen) atoms. The van der Waals surface area contributed by atoms with E-state index in [1.807, 2.05) is 0 Å². The number of morpholine rings is 1. The summed E-state index contributed by atoms with van der Waals surface area (Å²) in [5.74, 6) is -0.362. The number of sulfonamides is 1. The molecule has 0 saturated carbocycles. The Hall–Kier alpha value is -1.29. The van der Waals surface area contributed by atoms with E-state index in [0.29, 0.717) is 47.7 Å². The van der Waals surface area contributed by atoms with Gasteiger partial charge in [0.2, 0.25) is 10.0 Å². The first-order chi connectivity index (χ1) is 11.8. The SMILES string of the molecule is Cc1nn(Cc2ccc(Br)cc2F)c(C)c1S(=O)(=O)N1CCOCC1. The van der Waals surface area contributed by atoms with Gasteiger partial charge in [-0.2, -0.15) is 9.40 Å². The highest BCUT2D eigenvalue weighted by Gasteiger charge is 2.32. The second-order valence-corrected chi connectivity index (χ2v) is 8.70. The van der Waals surface area contributed by atoms with Crippen LogP contribution in [-0.4, -0.2) is 48.8 Å². The Morgan fingerprint density at radius 3 is 2.60 bits per heavy atom. The van der Waals surface area contributed by atoms with Crippen molar-refractivity contribution in [2.24, 2.45) is 0 Å². The third-order valence-electron chi connectivity index (χ3n) is 4.22. The molecule has 0 atom stereocenters. The van der Waals surface area contributed by atoms with Crippen LogP contribution < -0.4 is 0 Å². The molecule has 0 amide bonds. The van der Waals surface area contributed by atoms with Gasteiger partial charge in [-0.15, -0.1) is 0 Å². The first-order valence-corrected chi connectivity index (χ1v) is 10.1. The average Bonchev–Trinajstić information content (AvgIpc) is 2.85. The molecule has 0 unspecified atom stereocenters. The smallest absolute Gasteiger partial charge is 0.246 e. The summed E-state index contributed by atoms with van der Waals surface area (Å²) in [4.78, 5) is 0.201. The highest BCUT2D eigenvalue weighted by molar-refractivity contribution is 9.10. The number of hydrogen-bond donors (Lipinski definition) is 0. The molecule has 6 nitrogen and oxygen atoms in total. The van der Waals surface area contributed by atoms with Crippen LogP contribution in [0, 0.1) is 19.7 Å². The molecule has 136 valence electrons. The summed E-state index contributed by atoms with van der Waals surface area (Å²) in [6.07, 6.45) is 0. The van der Waals surface area contributed by atoms with Crippen LogP contribution in [0.25, 0.3) is 0 Å². The van der Waals surface area contributed by atoms with Gasteiger partial charge in [0.25, 0.3) is 0 Å². The minimum Gasteiger partial charge on any atom is -0.379 e. The van der Waals surface area contributed by atoms with Crippen LogP contribution in [0.3, 0.4) is 0 Å². The number of aryl methyl sites for hydroxylation is 1. The summed E-state index contributed by atoms with van der Waals surface area (Å²) < 4.78 is 48.8.